The van der Waals surface area contributed by atoms with Crippen molar-refractivity contribution in [2.24, 2.45) is 5.73 Å². The third-order valence-electron chi connectivity index (χ3n) is 5.15. The summed E-state index contributed by atoms with van der Waals surface area (Å²) in [6, 6.07) is 18.1. The summed E-state index contributed by atoms with van der Waals surface area (Å²) in [6.07, 6.45) is -0.671. The molecule has 2 heterocycles. The second-order valence-electron chi connectivity index (χ2n) is 7.09. The van der Waals surface area contributed by atoms with Crippen molar-refractivity contribution >= 4 is 40.5 Å². The fourth-order valence-corrected chi connectivity index (χ4v) is 5.61. The van der Waals surface area contributed by atoms with Crippen LogP contribution in [0.1, 0.15) is 24.2 Å². The van der Waals surface area contributed by atoms with Gasteiger partial charge in [0.15, 0.2) is 6.10 Å². The Labute approximate surface area is 189 Å². The van der Waals surface area contributed by atoms with Gasteiger partial charge in [-0.25, -0.2) is 4.79 Å². The fourth-order valence-electron chi connectivity index (χ4n) is 3.63. The van der Waals surface area contributed by atoms with Crippen molar-refractivity contribution in [1.82, 2.24) is 4.90 Å². The molecule has 6 nitrogen and oxygen atoms in total. The highest BCUT2D eigenvalue weighted by molar-refractivity contribution is 8.14. The molecule has 8 heteroatoms. The van der Waals surface area contributed by atoms with E-state index in [-0.39, 0.29) is 22.1 Å². The van der Waals surface area contributed by atoms with Gasteiger partial charge in [0.05, 0.1) is 0 Å². The molecule has 2 aliphatic heterocycles. The summed E-state index contributed by atoms with van der Waals surface area (Å²) in [5.41, 5.74) is 7.85. The molecule has 0 aliphatic carbocycles. The summed E-state index contributed by atoms with van der Waals surface area (Å²) in [5.74, 6) is -0.168. The normalized spacial score (nSPS) is 20.4. The van der Waals surface area contributed by atoms with Crippen LogP contribution < -0.4 is 5.73 Å². The highest BCUT2D eigenvalue weighted by atomic mass is 32.2. The average molecular weight is 455 g/mol. The van der Waals surface area contributed by atoms with E-state index in [0.717, 1.165) is 22.9 Å². The summed E-state index contributed by atoms with van der Waals surface area (Å²) in [4.78, 5) is 40.0. The number of fused-ring (bicyclic) bond motifs is 1. The van der Waals surface area contributed by atoms with Gasteiger partial charge in [-0.1, -0.05) is 79.3 Å². The van der Waals surface area contributed by atoms with Crippen LogP contribution in [0.5, 0.6) is 0 Å². The Morgan fingerprint density at radius 3 is 2.26 bits per heavy atom. The van der Waals surface area contributed by atoms with Gasteiger partial charge >= 0.3 is 5.97 Å². The van der Waals surface area contributed by atoms with Crippen LogP contribution in [-0.4, -0.2) is 44.8 Å². The number of rotatable bonds is 6. The van der Waals surface area contributed by atoms with E-state index in [1.165, 1.54) is 16.7 Å². The summed E-state index contributed by atoms with van der Waals surface area (Å²) in [6.45, 7) is 1.87. The van der Waals surface area contributed by atoms with Crippen LogP contribution >= 0.6 is 23.5 Å². The Hall–Kier alpha value is -2.55. The Bertz CT molecular complexity index is 987. The molecule has 1 unspecified atom stereocenters. The van der Waals surface area contributed by atoms with E-state index in [4.69, 9.17) is 10.5 Å². The van der Waals surface area contributed by atoms with Crippen molar-refractivity contribution in [3.8, 4) is 0 Å². The van der Waals surface area contributed by atoms with Crippen LogP contribution in [0.2, 0.25) is 0 Å². The van der Waals surface area contributed by atoms with Gasteiger partial charge in [0, 0.05) is 11.3 Å². The molecule has 31 heavy (non-hydrogen) atoms. The maximum absolute atomic E-state index is 13.4. The van der Waals surface area contributed by atoms with Crippen molar-refractivity contribution in [2.75, 3.05) is 11.5 Å². The van der Waals surface area contributed by atoms with Gasteiger partial charge < -0.3 is 10.5 Å². The molecule has 2 aromatic rings. The van der Waals surface area contributed by atoms with E-state index >= 15 is 0 Å². The zero-order valence-electron chi connectivity index (χ0n) is 16.9. The molecule has 2 N–H and O–H groups in total. The van der Waals surface area contributed by atoms with Crippen LogP contribution in [0.15, 0.2) is 71.9 Å². The van der Waals surface area contributed by atoms with E-state index < -0.39 is 18.1 Å². The molecule has 0 saturated carbocycles. The first kappa shape index (κ1) is 21.7. The van der Waals surface area contributed by atoms with E-state index in [1.807, 2.05) is 67.6 Å². The zero-order valence-corrected chi connectivity index (χ0v) is 18.5. The van der Waals surface area contributed by atoms with Crippen LogP contribution in [-0.2, 0) is 19.1 Å². The molecule has 2 atom stereocenters. The summed E-state index contributed by atoms with van der Waals surface area (Å²) >= 11 is 2.51. The number of nitrogens with two attached hydrogens (primary N) is 1. The molecule has 1 amide bonds. The topological polar surface area (TPSA) is 89.7 Å². The van der Waals surface area contributed by atoms with Crippen LogP contribution in [0.3, 0.4) is 0 Å². The maximum Gasteiger partial charge on any atom is 0.356 e. The standard InChI is InChI=1S/C23H22N2O4S2/c1-2-30-23(28)16-13-31-21-17(24)20(26)25(21)18(16)22(27)29-19(14-9-5-3-6-10-14)15-11-7-4-8-12-15/h3-12,17,19,21H,2,13,24H2,1H3/t17?,21-/m1/s1. The summed E-state index contributed by atoms with van der Waals surface area (Å²) < 4.78 is 5.95. The smallest absolute Gasteiger partial charge is 0.356 e. The molecular weight excluding hydrogens is 432 g/mol. The Morgan fingerprint density at radius 1 is 1.13 bits per heavy atom. The monoisotopic (exact) mass is 454 g/mol. The van der Waals surface area contributed by atoms with Crippen molar-refractivity contribution in [3.63, 3.8) is 0 Å². The number of carbonyl (C=O) groups excluding carboxylic acids is 3. The predicted octanol–water partition coefficient (Wildman–Crippen LogP) is 3.10. The molecular formula is C23H22N2O4S2. The first-order valence-electron chi connectivity index (χ1n) is 9.94. The molecule has 0 aromatic heterocycles. The molecule has 0 bridgehead atoms. The van der Waals surface area contributed by atoms with Crippen molar-refractivity contribution < 1.29 is 19.1 Å². The first-order valence-corrected chi connectivity index (χ1v) is 12.0. The third kappa shape index (κ3) is 4.15. The molecule has 160 valence electrons. The minimum Gasteiger partial charge on any atom is -0.448 e. The lowest BCUT2D eigenvalue weighted by atomic mass is 10.0. The van der Waals surface area contributed by atoms with Gasteiger partial charge in [0.25, 0.3) is 0 Å². The number of thioether (sulfide) groups is 2. The second kappa shape index (κ2) is 9.30. The van der Waals surface area contributed by atoms with E-state index in [0.29, 0.717) is 17.1 Å². The van der Waals surface area contributed by atoms with Gasteiger partial charge in [-0.2, -0.15) is 0 Å². The number of nitrogens with zero attached hydrogens (tertiary/aromatic N) is 1. The number of hydrogen-bond donors (Lipinski definition) is 1. The average Bonchev–Trinajstić information content (AvgIpc) is 2.82. The lowest BCUT2D eigenvalue weighted by molar-refractivity contribution is -0.153. The van der Waals surface area contributed by atoms with Gasteiger partial charge in [-0.3, -0.25) is 14.5 Å². The second-order valence-corrected chi connectivity index (χ2v) is 9.43. The van der Waals surface area contributed by atoms with Crippen molar-refractivity contribution in [1.29, 1.82) is 0 Å². The maximum atomic E-state index is 13.4. The van der Waals surface area contributed by atoms with Crippen LogP contribution in [0, 0.1) is 0 Å². The van der Waals surface area contributed by atoms with E-state index in [9.17, 15) is 14.4 Å². The fraction of sp³-hybridized carbons (Fsp3) is 0.261. The third-order valence-corrected chi connectivity index (χ3v) is 7.25. The number of carbonyl (C=O) groups is 3. The molecule has 4 rings (SSSR count). The SMILES string of the molecule is CCSC(=O)C1=C(C(=O)OC(c2ccccc2)c2ccccc2)N2C(=O)C(N)[C@H]2SC1. The minimum absolute atomic E-state index is 0.0262. The van der Waals surface area contributed by atoms with Gasteiger partial charge in [-0.15, -0.1) is 11.8 Å². The van der Waals surface area contributed by atoms with E-state index in [1.54, 1.807) is 0 Å². The Balaban J connectivity index is 1.72. The summed E-state index contributed by atoms with van der Waals surface area (Å²) in [7, 11) is 0. The quantitative estimate of drug-likeness (QED) is 0.530. The molecule has 1 fully saturated rings. The Kier molecular flexibility index (Phi) is 6.50. The summed E-state index contributed by atoms with van der Waals surface area (Å²) in [5, 5.41) is -0.574. The number of ether oxygens (including phenoxy) is 1. The van der Waals surface area contributed by atoms with Gasteiger partial charge in [-0.05, 0) is 16.9 Å². The lowest BCUT2D eigenvalue weighted by Gasteiger charge is -2.48. The highest BCUT2D eigenvalue weighted by Gasteiger charge is 2.53. The Morgan fingerprint density at radius 2 is 1.71 bits per heavy atom. The largest absolute Gasteiger partial charge is 0.448 e. The predicted molar refractivity (Wildman–Crippen MR) is 122 cm³/mol. The van der Waals surface area contributed by atoms with Crippen molar-refractivity contribution in [2.45, 2.75) is 24.4 Å². The van der Waals surface area contributed by atoms with E-state index in [2.05, 4.69) is 0 Å². The molecule has 0 spiro atoms. The van der Waals surface area contributed by atoms with Gasteiger partial charge in [0.1, 0.15) is 17.1 Å². The van der Waals surface area contributed by atoms with Crippen molar-refractivity contribution in [3.05, 3.63) is 83.1 Å². The number of benzene rings is 2. The first-order chi connectivity index (χ1) is 15.0. The zero-order chi connectivity index (χ0) is 22.0. The molecule has 1 saturated heterocycles. The lowest BCUT2D eigenvalue weighted by Crippen LogP contribution is -2.68. The molecule has 2 aliphatic rings. The highest BCUT2D eigenvalue weighted by Crippen LogP contribution is 2.41. The van der Waals surface area contributed by atoms with Crippen LogP contribution in [0.25, 0.3) is 0 Å². The minimum atomic E-state index is -0.691. The molecule has 2 aromatic carbocycles. The number of amides is 1. The van der Waals surface area contributed by atoms with Gasteiger partial charge in [0.2, 0.25) is 11.0 Å². The molecule has 0 radical (unpaired) electrons. The number of β-lactam (4-membered cyclic amide) rings is 1. The number of hydrogen-bond acceptors (Lipinski definition) is 7. The number of esters is 1. The van der Waals surface area contributed by atoms with Crippen LogP contribution in [0.4, 0.5) is 0 Å².